The monoisotopic (exact) mass is 289 g/mol. The minimum absolute atomic E-state index is 0.941. The van der Waals surface area contributed by atoms with E-state index < -0.39 is 0 Å². The molecule has 0 saturated carbocycles. The number of halogens is 1. The molecule has 17 heavy (non-hydrogen) atoms. The molecule has 0 aliphatic heterocycles. The Labute approximate surface area is 108 Å². The Morgan fingerprint density at radius 3 is 2.88 bits per heavy atom. The smallest absolute Gasteiger partial charge is 0.0946 e. The summed E-state index contributed by atoms with van der Waals surface area (Å²) in [6.45, 7) is 1.90. The summed E-state index contributed by atoms with van der Waals surface area (Å²) in [6, 6.07) is 8.51. The summed E-state index contributed by atoms with van der Waals surface area (Å²) in [5.41, 5.74) is 1.26. The fraction of sp³-hybridized carbons (Fsp3) is 0.154. The van der Waals surface area contributed by atoms with Crippen molar-refractivity contribution in [1.29, 1.82) is 0 Å². The van der Waals surface area contributed by atoms with Crippen LogP contribution in [0.25, 0.3) is 10.9 Å². The maximum absolute atomic E-state index is 4.04. The second-order valence-corrected chi connectivity index (χ2v) is 4.93. The van der Waals surface area contributed by atoms with Crippen LogP contribution in [0.3, 0.4) is 0 Å². The number of hydrogen-bond donors (Lipinski definition) is 0. The number of benzene rings is 1. The Bertz CT molecular complexity index is 625. The van der Waals surface area contributed by atoms with Gasteiger partial charge in [-0.05, 0) is 23.6 Å². The van der Waals surface area contributed by atoms with Gasteiger partial charge in [0, 0.05) is 41.7 Å². The van der Waals surface area contributed by atoms with E-state index in [1.807, 2.05) is 18.7 Å². The van der Waals surface area contributed by atoms with Gasteiger partial charge in [-0.25, -0.2) is 4.98 Å². The van der Waals surface area contributed by atoms with Crippen LogP contribution in [0.5, 0.6) is 0 Å². The Balaban J connectivity index is 1.87. The first kappa shape index (κ1) is 10.6. The standard InChI is InChI=1S/C13H12BrN3/c14-12-2-1-11-3-5-17(13(11)9-12)8-7-16-6-4-15-10-16/h1-6,9-10H,7-8H2. The number of aryl methyl sites for hydroxylation is 2. The Morgan fingerprint density at radius 2 is 2.06 bits per heavy atom. The highest BCUT2D eigenvalue weighted by molar-refractivity contribution is 9.10. The fourth-order valence-corrected chi connectivity index (χ4v) is 2.34. The Morgan fingerprint density at radius 1 is 1.12 bits per heavy atom. The molecule has 3 rings (SSSR count). The quantitative estimate of drug-likeness (QED) is 0.725. The van der Waals surface area contributed by atoms with Crippen molar-refractivity contribution in [3.05, 3.63) is 53.7 Å². The molecule has 0 fully saturated rings. The molecule has 0 atom stereocenters. The lowest BCUT2D eigenvalue weighted by Crippen LogP contribution is -2.04. The van der Waals surface area contributed by atoms with Gasteiger partial charge in [0.2, 0.25) is 0 Å². The zero-order valence-corrected chi connectivity index (χ0v) is 10.8. The number of nitrogens with zero attached hydrogens (tertiary/aromatic N) is 3. The van der Waals surface area contributed by atoms with Crippen LogP contribution < -0.4 is 0 Å². The average Bonchev–Trinajstić information content (AvgIpc) is 2.94. The highest BCUT2D eigenvalue weighted by atomic mass is 79.9. The van der Waals surface area contributed by atoms with Crippen LogP contribution in [0.4, 0.5) is 0 Å². The topological polar surface area (TPSA) is 22.8 Å². The average molecular weight is 290 g/mol. The molecule has 86 valence electrons. The molecule has 0 aliphatic rings. The largest absolute Gasteiger partial charge is 0.346 e. The van der Waals surface area contributed by atoms with Crippen LogP contribution in [0.1, 0.15) is 0 Å². The van der Waals surface area contributed by atoms with Gasteiger partial charge in [-0.15, -0.1) is 0 Å². The molecule has 0 spiro atoms. The van der Waals surface area contributed by atoms with Crippen LogP contribution in [-0.4, -0.2) is 14.1 Å². The summed E-state index contributed by atoms with van der Waals surface area (Å²) in [5.74, 6) is 0. The van der Waals surface area contributed by atoms with Crippen LogP contribution >= 0.6 is 15.9 Å². The molecule has 2 heterocycles. The van der Waals surface area contributed by atoms with Gasteiger partial charge in [0.15, 0.2) is 0 Å². The van der Waals surface area contributed by atoms with Crippen molar-refractivity contribution in [3.8, 4) is 0 Å². The number of rotatable bonds is 3. The summed E-state index contributed by atoms with van der Waals surface area (Å²) < 4.78 is 5.47. The van der Waals surface area contributed by atoms with Crippen molar-refractivity contribution in [2.24, 2.45) is 0 Å². The van der Waals surface area contributed by atoms with Crippen LogP contribution in [0, 0.1) is 0 Å². The highest BCUT2D eigenvalue weighted by Crippen LogP contribution is 2.20. The normalized spacial score (nSPS) is 11.1. The van der Waals surface area contributed by atoms with Gasteiger partial charge in [0.1, 0.15) is 0 Å². The minimum Gasteiger partial charge on any atom is -0.346 e. The highest BCUT2D eigenvalue weighted by Gasteiger charge is 2.01. The number of fused-ring (bicyclic) bond motifs is 1. The number of aromatic nitrogens is 3. The predicted octanol–water partition coefficient (Wildman–Crippen LogP) is 3.30. The molecule has 0 bridgehead atoms. The van der Waals surface area contributed by atoms with Gasteiger partial charge in [0.25, 0.3) is 0 Å². The first-order chi connectivity index (χ1) is 8.33. The molecule has 4 heteroatoms. The van der Waals surface area contributed by atoms with E-state index in [1.54, 1.807) is 0 Å². The van der Waals surface area contributed by atoms with E-state index in [0.717, 1.165) is 17.6 Å². The van der Waals surface area contributed by atoms with Crippen LogP contribution in [0.15, 0.2) is 53.7 Å². The van der Waals surface area contributed by atoms with Crippen molar-refractivity contribution < 1.29 is 0 Å². The van der Waals surface area contributed by atoms with Gasteiger partial charge < -0.3 is 9.13 Å². The molecule has 2 aromatic heterocycles. The zero-order chi connectivity index (χ0) is 11.7. The summed E-state index contributed by atoms with van der Waals surface area (Å²) in [7, 11) is 0. The number of imidazole rings is 1. The Kier molecular flexibility index (Phi) is 2.73. The molecule has 0 radical (unpaired) electrons. The van der Waals surface area contributed by atoms with E-state index >= 15 is 0 Å². The van der Waals surface area contributed by atoms with Crippen LogP contribution in [0.2, 0.25) is 0 Å². The summed E-state index contributed by atoms with van der Waals surface area (Å²) >= 11 is 3.51. The van der Waals surface area contributed by atoms with Gasteiger partial charge in [-0.1, -0.05) is 22.0 Å². The van der Waals surface area contributed by atoms with E-state index in [-0.39, 0.29) is 0 Å². The Hall–Kier alpha value is -1.55. The predicted molar refractivity (Wildman–Crippen MR) is 71.9 cm³/mol. The molecule has 0 aliphatic carbocycles. The molecular formula is C13H12BrN3. The lowest BCUT2D eigenvalue weighted by atomic mass is 10.2. The zero-order valence-electron chi connectivity index (χ0n) is 9.25. The van der Waals surface area contributed by atoms with E-state index in [1.165, 1.54) is 10.9 Å². The van der Waals surface area contributed by atoms with Gasteiger partial charge in [0.05, 0.1) is 6.33 Å². The van der Waals surface area contributed by atoms with Crippen molar-refractivity contribution in [3.63, 3.8) is 0 Å². The first-order valence-corrected chi connectivity index (χ1v) is 6.32. The SMILES string of the molecule is Brc1ccc2ccn(CCn3ccnc3)c2c1. The number of hydrogen-bond acceptors (Lipinski definition) is 1. The molecule has 0 unspecified atom stereocenters. The van der Waals surface area contributed by atoms with Gasteiger partial charge >= 0.3 is 0 Å². The lowest BCUT2D eigenvalue weighted by Gasteiger charge is -2.06. The third-order valence-corrected chi connectivity index (χ3v) is 3.39. The minimum atomic E-state index is 0.941. The van der Waals surface area contributed by atoms with E-state index in [0.29, 0.717) is 0 Å². The summed E-state index contributed by atoms with van der Waals surface area (Å²) in [6.07, 6.45) is 7.78. The third-order valence-electron chi connectivity index (χ3n) is 2.89. The van der Waals surface area contributed by atoms with E-state index in [2.05, 4.69) is 60.5 Å². The molecule has 0 saturated heterocycles. The van der Waals surface area contributed by atoms with Gasteiger partial charge in [-0.2, -0.15) is 0 Å². The van der Waals surface area contributed by atoms with Crippen LogP contribution in [-0.2, 0) is 13.1 Å². The van der Waals surface area contributed by atoms with E-state index in [9.17, 15) is 0 Å². The molecular weight excluding hydrogens is 278 g/mol. The van der Waals surface area contributed by atoms with E-state index in [4.69, 9.17) is 0 Å². The van der Waals surface area contributed by atoms with Gasteiger partial charge in [-0.3, -0.25) is 0 Å². The maximum Gasteiger partial charge on any atom is 0.0946 e. The summed E-state index contributed by atoms with van der Waals surface area (Å²) in [5, 5.41) is 1.28. The molecule has 3 nitrogen and oxygen atoms in total. The first-order valence-electron chi connectivity index (χ1n) is 5.53. The van der Waals surface area contributed by atoms with Crippen molar-refractivity contribution in [1.82, 2.24) is 14.1 Å². The molecule has 3 aromatic rings. The lowest BCUT2D eigenvalue weighted by molar-refractivity contribution is 0.592. The second-order valence-electron chi connectivity index (χ2n) is 4.01. The van der Waals surface area contributed by atoms with Crippen molar-refractivity contribution in [2.45, 2.75) is 13.1 Å². The molecule has 0 amide bonds. The molecule has 0 N–H and O–H groups in total. The fourth-order valence-electron chi connectivity index (χ4n) is 1.99. The maximum atomic E-state index is 4.04. The third kappa shape index (κ3) is 2.13. The summed E-state index contributed by atoms with van der Waals surface area (Å²) in [4.78, 5) is 4.04. The second kappa shape index (κ2) is 4.37. The van der Waals surface area contributed by atoms with Crippen molar-refractivity contribution >= 4 is 26.8 Å². The molecule has 1 aromatic carbocycles. The van der Waals surface area contributed by atoms with Crippen molar-refractivity contribution in [2.75, 3.05) is 0 Å².